The van der Waals surface area contributed by atoms with Crippen molar-refractivity contribution >= 4 is 212 Å². The largest absolute Gasteiger partial charge is 1.00 e. The van der Waals surface area contributed by atoms with Gasteiger partial charge in [0, 0.05) is 62.4 Å². The van der Waals surface area contributed by atoms with Crippen LogP contribution < -0.4 is 199 Å². The Morgan fingerprint density at radius 2 is 1.09 bits per heavy atom. The predicted molar refractivity (Wildman–Crippen MR) is 336 cm³/mol. The first-order valence-corrected chi connectivity index (χ1v) is 31.7. The summed E-state index contributed by atoms with van der Waals surface area (Å²) in [6, 6.07) is 32.3. The minimum Gasteiger partial charge on any atom is -0.768 e. The Bertz CT molecular complexity index is 5530. The summed E-state index contributed by atoms with van der Waals surface area (Å²) in [7, 11) is -10.6. The topological polar surface area (TPSA) is 482 Å². The molecule has 4 aromatic heterocycles. The second-order valence-electron chi connectivity index (χ2n) is 18.9. The van der Waals surface area contributed by atoms with Gasteiger partial charge in [-0.2, -0.15) is 79.7 Å². The number of azo groups is 2. The summed E-state index contributed by atoms with van der Waals surface area (Å²) in [5, 5.41) is 73.2. The Balaban J connectivity index is 0.00000258. The van der Waals surface area contributed by atoms with E-state index in [9.17, 15) is 65.1 Å². The predicted octanol–water partition coefficient (Wildman–Crippen LogP) is -5.44. The van der Waals surface area contributed by atoms with Gasteiger partial charge in [0.25, 0.3) is 11.4 Å². The van der Waals surface area contributed by atoms with Gasteiger partial charge in [-0.1, -0.05) is 17.8 Å². The van der Waals surface area contributed by atoms with E-state index in [2.05, 4.69) is 98.6 Å². The van der Waals surface area contributed by atoms with Gasteiger partial charge < -0.3 is 45.1 Å². The van der Waals surface area contributed by atoms with E-state index < -0.39 is 72.6 Å². The van der Waals surface area contributed by atoms with E-state index in [1.54, 1.807) is 6.07 Å². The third-order valence-electron chi connectivity index (χ3n) is 13.0. The van der Waals surface area contributed by atoms with Crippen molar-refractivity contribution in [2.75, 3.05) is 21.3 Å². The first-order chi connectivity index (χ1) is 44.4. The number of non-ortho nitro benzene ring substituents is 2. The molecule has 4 heterocycles. The Kier molecular flexibility index (Phi) is 29.4. The van der Waals surface area contributed by atoms with Crippen molar-refractivity contribution in [3.05, 3.63) is 169 Å². The van der Waals surface area contributed by atoms with Crippen LogP contribution in [0.15, 0.2) is 144 Å². The zero-order valence-electron chi connectivity index (χ0n) is 51.4. The van der Waals surface area contributed by atoms with Crippen LogP contribution >= 0.6 is 46.3 Å². The van der Waals surface area contributed by atoms with Gasteiger partial charge in [0.2, 0.25) is 34.4 Å². The van der Waals surface area contributed by atoms with Crippen LogP contribution in [0.1, 0.15) is 11.1 Å². The van der Waals surface area contributed by atoms with Gasteiger partial charge in [-0.25, -0.2) is 16.8 Å². The second-order valence-corrected chi connectivity index (χ2v) is 24.8. The van der Waals surface area contributed by atoms with Crippen LogP contribution in [0.2, 0.25) is 10.6 Å². The number of phenols is 2. The van der Waals surface area contributed by atoms with E-state index in [1.807, 2.05) is 0 Å². The number of aromatic hydroxyl groups is 2. The molecule has 1 atom stereocenters. The summed E-state index contributed by atoms with van der Waals surface area (Å²) in [6.07, 6.45) is 2.80. The molecule has 1 unspecified atom stereocenters. The minimum atomic E-state index is -5.48. The molecular weight excluding hydrogens is 1490 g/mol. The molecule has 8 aromatic carbocycles. The van der Waals surface area contributed by atoms with Crippen LogP contribution in [0.4, 0.5) is 80.9 Å². The smallest absolute Gasteiger partial charge is 0.768 e. The average Bonchev–Trinajstić information content (AvgIpc) is 1.20. The third kappa shape index (κ3) is 19.3. The number of halogens is 2. The summed E-state index contributed by atoms with van der Waals surface area (Å²) in [6.45, 7) is 0. The van der Waals surface area contributed by atoms with Crippen molar-refractivity contribution in [3.8, 4) is 11.5 Å². The van der Waals surface area contributed by atoms with Gasteiger partial charge in [-0.3, -0.25) is 24.4 Å². The van der Waals surface area contributed by atoms with Gasteiger partial charge in [0.1, 0.15) is 25.9 Å². The number of hydrogen-bond donors (Lipinski definition) is 6. The average molecular weight is 1520 g/mol. The van der Waals surface area contributed by atoms with E-state index in [0.717, 1.165) is 53.4 Å². The molecule has 12 rings (SSSR count). The number of nitrogens with one attached hydrogen (secondary N) is 4. The van der Waals surface area contributed by atoms with Crippen LogP contribution in [0, 0.1) is 38.4 Å². The maximum absolute atomic E-state index is 12.7. The molecule has 0 radical (unpaired) electrons. The van der Waals surface area contributed by atoms with E-state index in [1.165, 1.54) is 84.9 Å². The third-order valence-corrected chi connectivity index (χ3v) is 17.3. The number of nitro benzene ring substituents is 2. The van der Waals surface area contributed by atoms with E-state index >= 15 is 0 Å². The standard InChI is InChI=1S/C54H29Cl2N18O14S5.6Na/c55-49-61-51(65-54(64-49)60-37-23-32(91(81)82)18-27-19-41(93(86,87)88)44(46(76)43(27)37)68-70-48-34-22-31(74(79)80)14-17-39(34)90-72-48)57-28-10-5-24(6-11-28)4-7-25-8-12-29(20-40(25)92(83,84)85)58-52-62-50(56)63-53(66-52)59-35-3-1-2-26-9-15-36(45(75)42(26)35)67-69-47-33-21-30(73(77)78)13-16-38(33)89-71-47;;;;;;/h2-5,7-14,16-23,75-76H,(H,81,82)(H,83,84,85)(H,86,87,88)(H2,57,60,61,64,65)(H2,58,59,62,63,66);;;;;;/q-3;6*+1/p-3. The van der Waals surface area contributed by atoms with Crippen molar-refractivity contribution in [3.63, 3.8) is 0 Å². The molecular formula is C54H26Cl2N18Na6O14S5. The second kappa shape index (κ2) is 35.1. The number of rotatable bonds is 19. The zero-order chi connectivity index (χ0) is 65.6. The number of fused-ring (bicyclic) bond motifs is 4. The minimum absolute atomic E-state index is 0. The Morgan fingerprint density at radius 3 is 1.64 bits per heavy atom. The molecule has 99 heavy (non-hydrogen) atoms. The maximum Gasteiger partial charge on any atom is 1.00 e. The van der Waals surface area contributed by atoms with Crippen LogP contribution in [-0.2, 0) is 31.3 Å². The van der Waals surface area contributed by atoms with Gasteiger partial charge in [0.05, 0.1) is 34.7 Å². The zero-order valence-corrected chi connectivity index (χ0v) is 69.0. The summed E-state index contributed by atoms with van der Waals surface area (Å²) in [4.78, 5) is 44.3. The van der Waals surface area contributed by atoms with Gasteiger partial charge >= 0.3 is 177 Å². The molecule has 32 nitrogen and oxygen atoms in total. The van der Waals surface area contributed by atoms with Gasteiger partial charge in [-0.05, 0) is 116 Å². The number of benzene rings is 8. The first-order valence-electron chi connectivity index (χ1n) is 25.5. The molecule has 12 aromatic rings. The molecule has 0 fully saturated rings. The molecule has 45 heteroatoms. The molecule has 0 spiro atoms. The molecule has 0 aliphatic carbocycles. The normalized spacial score (nSPS) is 11.7. The number of hydrogen-bond acceptors (Lipinski definition) is 32. The number of aromatic nitrogens is 8. The summed E-state index contributed by atoms with van der Waals surface area (Å²) in [5.74, 6) is -2.45. The van der Waals surface area contributed by atoms with E-state index in [4.69, 9.17) is 23.2 Å². The molecule has 0 amide bonds. The summed E-state index contributed by atoms with van der Waals surface area (Å²) < 4.78 is 110. The van der Waals surface area contributed by atoms with Crippen LogP contribution in [0.25, 0.3) is 53.9 Å². The van der Waals surface area contributed by atoms with E-state index in [-0.39, 0.29) is 285 Å². The molecule has 6 N–H and O–H groups in total. The molecule has 466 valence electrons. The summed E-state index contributed by atoms with van der Waals surface area (Å²) in [5.41, 5.74) is -0.891. The van der Waals surface area contributed by atoms with E-state index in [0.29, 0.717) is 31.4 Å². The molecule has 0 bridgehead atoms. The van der Waals surface area contributed by atoms with Crippen molar-refractivity contribution in [1.29, 1.82) is 0 Å². The van der Waals surface area contributed by atoms with Crippen molar-refractivity contribution in [2.45, 2.75) is 14.7 Å². The first kappa shape index (κ1) is 83.1. The molecule has 0 aliphatic rings. The fraction of sp³-hybridized carbons (Fsp3) is 0. The quantitative estimate of drug-likeness (QED) is 0.00643. The Hall–Kier alpha value is -4.87. The number of nitrogens with zero attached hydrogens (tertiary/aromatic N) is 14. The van der Waals surface area contributed by atoms with Crippen LogP contribution in [0.3, 0.4) is 0 Å². The number of nitro groups is 2. The van der Waals surface area contributed by atoms with Gasteiger partial charge in [0.15, 0.2) is 17.4 Å². The van der Waals surface area contributed by atoms with Crippen molar-refractivity contribution in [1.82, 2.24) is 38.7 Å². The van der Waals surface area contributed by atoms with Crippen LogP contribution in [0.5, 0.6) is 11.5 Å². The Morgan fingerprint density at radius 1 is 0.556 bits per heavy atom. The number of anilines is 8. The Labute approximate surface area is 710 Å². The van der Waals surface area contributed by atoms with Crippen molar-refractivity contribution < 1.29 is 232 Å². The molecule has 0 aliphatic heterocycles. The van der Waals surface area contributed by atoms with Crippen molar-refractivity contribution in [2.24, 2.45) is 20.5 Å². The van der Waals surface area contributed by atoms with Gasteiger partial charge in [-0.15, -0.1) is 56.5 Å². The fourth-order valence-corrected chi connectivity index (χ4v) is 12.4. The molecule has 0 saturated heterocycles. The number of phenolic OH excluding ortho intramolecular Hbond substituents is 2. The maximum atomic E-state index is 12.7. The molecule has 0 saturated carbocycles. The SMILES string of the molecule is O=[N+]([O-])c1ccc2snc(N=Nc3[c-]cc4c[c-]cc(Nc5nc(Cl)nc(Nc6ccc(C=Cc7[c-]cc(Nc8nc(Cl)nc(Nc9cc(S(=O)[O-])cc%10cc(S(=O)(=O)[O-])c(N=Nc%11nsc%12ccc([N+](=O)[O-])cc%11%12)c(O)c9%10)n8)cc7)c(S(=O)(=O)[O-])c6)n5)c4c3O)c2c1.[Na+].[Na+].[Na+].[Na+].[Na+].[Na+]. The van der Waals surface area contributed by atoms with Crippen LogP contribution in [-0.4, -0.2) is 93.4 Å². The summed E-state index contributed by atoms with van der Waals surface area (Å²) >= 11 is 11.6. The monoisotopic (exact) mass is 1520 g/mol. The fourth-order valence-electron chi connectivity index (χ4n) is 8.92.